The minimum Gasteiger partial charge on any atom is -0.480 e. The number of halogens is 2. The SMILES string of the molecule is N[C@H](Cc1ccccc1)[C@H](O)C(=O)N[C@@H](CC1CCC(F)(F)CC1)C(=O)O. The number of nitrogens with two attached hydrogens (primary N) is 1. The molecule has 5 N–H and O–H groups in total. The van der Waals surface area contributed by atoms with Gasteiger partial charge in [-0.15, -0.1) is 0 Å². The van der Waals surface area contributed by atoms with Crippen LogP contribution in [-0.2, 0) is 16.0 Å². The summed E-state index contributed by atoms with van der Waals surface area (Å²) in [7, 11) is 0. The van der Waals surface area contributed by atoms with Gasteiger partial charge in [0.1, 0.15) is 12.1 Å². The molecule has 0 radical (unpaired) electrons. The fourth-order valence-electron chi connectivity index (χ4n) is 3.34. The van der Waals surface area contributed by atoms with Crippen molar-refractivity contribution in [3.05, 3.63) is 35.9 Å². The first-order valence-electron chi connectivity index (χ1n) is 9.06. The number of hydrogen-bond donors (Lipinski definition) is 4. The number of hydrogen-bond acceptors (Lipinski definition) is 4. The molecule has 0 bridgehead atoms. The van der Waals surface area contributed by atoms with Crippen LogP contribution in [0.2, 0.25) is 0 Å². The van der Waals surface area contributed by atoms with Crippen molar-refractivity contribution in [2.75, 3.05) is 0 Å². The summed E-state index contributed by atoms with van der Waals surface area (Å²) in [4.78, 5) is 23.7. The third-order valence-electron chi connectivity index (χ3n) is 5.01. The summed E-state index contributed by atoms with van der Waals surface area (Å²) in [6.45, 7) is 0. The first-order valence-corrected chi connectivity index (χ1v) is 9.06. The molecule has 0 unspecified atom stereocenters. The Morgan fingerprint density at radius 3 is 2.37 bits per heavy atom. The number of carboxylic acid groups (broad SMARTS) is 1. The summed E-state index contributed by atoms with van der Waals surface area (Å²) < 4.78 is 26.4. The summed E-state index contributed by atoms with van der Waals surface area (Å²) in [5.74, 6) is -5.03. The maximum atomic E-state index is 13.2. The molecule has 0 heterocycles. The van der Waals surface area contributed by atoms with Crippen LogP contribution in [0.1, 0.15) is 37.7 Å². The van der Waals surface area contributed by atoms with Crippen LogP contribution >= 0.6 is 0 Å². The second kappa shape index (κ2) is 9.23. The molecule has 1 amide bonds. The molecule has 1 aromatic carbocycles. The zero-order valence-electron chi connectivity index (χ0n) is 15.0. The number of aliphatic hydroxyl groups is 1. The van der Waals surface area contributed by atoms with Gasteiger partial charge in [-0.05, 0) is 37.2 Å². The fraction of sp³-hybridized carbons (Fsp3) is 0.579. The number of aliphatic carboxylic acids is 1. The molecule has 0 aromatic heterocycles. The van der Waals surface area contributed by atoms with E-state index >= 15 is 0 Å². The lowest BCUT2D eigenvalue weighted by atomic mass is 9.83. The number of rotatable bonds is 8. The topological polar surface area (TPSA) is 113 Å². The highest BCUT2D eigenvalue weighted by Gasteiger charge is 2.37. The Labute approximate surface area is 156 Å². The molecule has 150 valence electrons. The van der Waals surface area contributed by atoms with Gasteiger partial charge in [0.15, 0.2) is 0 Å². The molecule has 1 aromatic rings. The fourth-order valence-corrected chi connectivity index (χ4v) is 3.34. The van der Waals surface area contributed by atoms with Crippen LogP contribution in [0.15, 0.2) is 30.3 Å². The second-order valence-electron chi connectivity index (χ2n) is 7.23. The molecule has 6 nitrogen and oxygen atoms in total. The van der Waals surface area contributed by atoms with Crippen LogP contribution in [0, 0.1) is 5.92 Å². The summed E-state index contributed by atoms with van der Waals surface area (Å²) >= 11 is 0. The smallest absolute Gasteiger partial charge is 0.326 e. The number of carbonyl (C=O) groups is 2. The van der Waals surface area contributed by atoms with Crippen molar-refractivity contribution in [2.24, 2.45) is 11.7 Å². The van der Waals surface area contributed by atoms with Crippen molar-refractivity contribution in [2.45, 2.75) is 62.6 Å². The average Bonchev–Trinajstić information content (AvgIpc) is 2.62. The van der Waals surface area contributed by atoms with Gasteiger partial charge in [-0.1, -0.05) is 30.3 Å². The average molecular weight is 384 g/mol. The number of carbonyl (C=O) groups excluding carboxylic acids is 1. The largest absolute Gasteiger partial charge is 0.480 e. The lowest BCUT2D eigenvalue weighted by Gasteiger charge is -2.30. The molecule has 1 aliphatic carbocycles. The van der Waals surface area contributed by atoms with Crippen molar-refractivity contribution in [1.82, 2.24) is 5.32 Å². The van der Waals surface area contributed by atoms with Gasteiger partial charge in [-0.25, -0.2) is 13.6 Å². The van der Waals surface area contributed by atoms with E-state index in [-0.39, 0.29) is 44.4 Å². The zero-order chi connectivity index (χ0) is 20.0. The van der Waals surface area contributed by atoms with Gasteiger partial charge >= 0.3 is 5.97 Å². The van der Waals surface area contributed by atoms with E-state index in [0.717, 1.165) is 5.56 Å². The minimum absolute atomic E-state index is 0.0534. The predicted molar refractivity (Wildman–Crippen MR) is 95.2 cm³/mol. The van der Waals surface area contributed by atoms with Crippen LogP contribution in [-0.4, -0.2) is 46.2 Å². The molecule has 27 heavy (non-hydrogen) atoms. The molecular weight excluding hydrogens is 358 g/mol. The van der Waals surface area contributed by atoms with Gasteiger partial charge in [0, 0.05) is 18.9 Å². The van der Waals surface area contributed by atoms with E-state index in [9.17, 15) is 28.6 Å². The molecule has 1 saturated carbocycles. The van der Waals surface area contributed by atoms with Crippen LogP contribution in [0.25, 0.3) is 0 Å². The second-order valence-corrected chi connectivity index (χ2v) is 7.23. The number of nitrogens with one attached hydrogen (secondary N) is 1. The highest BCUT2D eigenvalue weighted by molar-refractivity contribution is 5.86. The van der Waals surface area contributed by atoms with Gasteiger partial charge in [-0.2, -0.15) is 0 Å². The molecule has 0 saturated heterocycles. The van der Waals surface area contributed by atoms with E-state index in [4.69, 9.17) is 5.73 Å². The Morgan fingerprint density at radius 1 is 1.22 bits per heavy atom. The Kier molecular flexibility index (Phi) is 7.26. The quantitative estimate of drug-likeness (QED) is 0.545. The predicted octanol–water partition coefficient (Wildman–Crippen LogP) is 1.70. The normalized spacial score (nSPS) is 20.4. The molecular formula is C19H26F2N2O4. The van der Waals surface area contributed by atoms with E-state index in [1.165, 1.54) is 0 Å². The number of amides is 1. The Morgan fingerprint density at radius 2 is 1.81 bits per heavy atom. The van der Waals surface area contributed by atoms with E-state index in [2.05, 4.69) is 5.32 Å². The number of carboxylic acids is 1. The van der Waals surface area contributed by atoms with Gasteiger partial charge in [0.2, 0.25) is 5.92 Å². The van der Waals surface area contributed by atoms with Crippen LogP contribution in [0.3, 0.4) is 0 Å². The summed E-state index contributed by atoms with van der Waals surface area (Å²) in [6, 6.07) is 6.93. The van der Waals surface area contributed by atoms with Crippen LogP contribution in [0.4, 0.5) is 8.78 Å². The van der Waals surface area contributed by atoms with E-state index < -0.39 is 36.0 Å². The Bertz CT molecular complexity index is 632. The van der Waals surface area contributed by atoms with Gasteiger partial charge in [-0.3, -0.25) is 4.79 Å². The lowest BCUT2D eigenvalue weighted by molar-refractivity contribution is -0.144. The van der Waals surface area contributed by atoms with Gasteiger partial charge < -0.3 is 21.3 Å². The Balaban J connectivity index is 1.89. The summed E-state index contributed by atoms with van der Waals surface area (Å²) in [5.41, 5.74) is 6.72. The zero-order valence-corrected chi connectivity index (χ0v) is 15.0. The molecule has 1 aliphatic rings. The molecule has 2 rings (SSSR count). The molecule has 1 fully saturated rings. The van der Waals surface area contributed by atoms with E-state index in [0.29, 0.717) is 0 Å². The highest BCUT2D eigenvalue weighted by Crippen LogP contribution is 2.37. The molecule has 8 heteroatoms. The third-order valence-corrected chi connectivity index (χ3v) is 5.01. The lowest BCUT2D eigenvalue weighted by Crippen LogP contribution is -2.52. The molecule has 0 aliphatic heterocycles. The van der Waals surface area contributed by atoms with Crippen molar-refractivity contribution < 1.29 is 28.6 Å². The van der Waals surface area contributed by atoms with Crippen molar-refractivity contribution >= 4 is 11.9 Å². The first kappa shape index (κ1) is 21.2. The van der Waals surface area contributed by atoms with Crippen molar-refractivity contribution in [3.8, 4) is 0 Å². The summed E-state index contributed by atoms with van der Waals surface area (Å²) in [5, 5.41) is 21.8. The minimum atomic E-state index is -2.70. The van der Waals surface area contributed by atoms with Crippen molar-refractivity contribution in [3.63, 3.8) is 0 Å². The monoisotopic (exact) mass is 384 g/mol. The number of aliphatic hydroxyl groups excluding tert-OH is 1. The Hall–Kier alpha value is -2.06. The van der Waals surface area contributed by atoms with Gasteiger partial charge in [0.05, 0.1) is 0 Å². The van der Waals surface area contributed by atoms with Crippen molar-refractivity contribution in [1.29, 1.82) is 0 Å². The highest BCUT2D eigenvalue weighted by atomic mass is 19.3. The van der Waals surface area contributed by atoms with Crippen LogP contribution < -0.4 is 11.1 Å². The number of benzene rings is 1. The standard InChI is InChI=1S/C19H26F2N2O4/c20-19(21)8-6-13(7-9-19)11-15(18(26)27)23-17(25)16(24)14(22)10-12-4-2-1-3-5-12/h1-5,13-16,24H,6-11,22H2,(H,23,25)(H,26,27)/t14-,15+,16+/m1/s1. The van der Waals surface area contributed by atoms with Crippen LogP contribution in [0.5, 0.6) is 0 Å². The van der Waals surface area contributed by atoms with E-state index in [1.54, 1.807) is 0 Å². The number of alkyl halides is 2. The first-order chi connectivity index (χ1) is 12.7. The maximum absolute atomic E-state index is 13.2. The third kappa shape index (κ3) is 6.55. The maximum Gasteiger partial charge on any atom is 0.326 e. The molecule has 0 spiro atoms. The van der Waals surface area contributed by atoms with E-state index in [1.807, 2.05) is 30.3 Å². The van der Waals surface area contributed by atoms with Gasteiger partial charge in [0.25, 0.3) is 5.91 Å². The molecule has 3 atom stereocenters. The summed E-state index contributed by atoms with van der Waals surface area (Å²) in [6.07, 6.45) is -1.39.